The van der Waals surface area contributed by atoms with E-state index in [9.17, 15) is 0 Å². The van der Waals surface area contributed by atoms with Gasteiger partial charge in [0, 0.05) is 18.1 Å². The Morgan fingerprint density at radius 3 is 0.633 bits per heavy atom. The average Bonchev–Trinajstić information content (AvgIpc) is 3.49. The van der Waals surface area contributed by atoms with E-state index >= 15 is 0 Å². The van der Waals surface area contributed by atoms with Crippen molar-refractivity contribution in [1.82, 2.24) is 14.7 Å². The molecule has 9 heteroatoms. The predicted octanol–water partition coefficient (Wildman–Crippen LogP) is 3.93. The second-order valence-corrected chi connectivity index (χ2v) is 10.7. The van der Waals surface area contributed by atoms with E-state index < -0.39 is 0 Å². The molecular weight excluding hydrogens is 487 g/mol. The van der Waals surface area contributed by atoms with Gasteiger partial charge < -0.3 is 0 Å². The van der Waals surface area contributed by atoms with E-state index in [-0.39, 0.29) is 0 Å². The molecule has 0 heterocycles. The van der Waals surface area contributed by atoms with Crippen LogP contribution in [-0.2, 0) is 0 Å². The third-order valence-corrected chi connectivity index (χ3v) is 7.69. The van der Waals surface area contributed by atoms with Crippen molar-refractivity contribution < 1.29 is 0 Å². The lowest BCUT2D eigenvalue weighted by Crippen LogP contribution is -2.37. The molecule has 0 N–H and O–H groups in total. The summed E-state index contributed by atoms with van der Waals surface area (Å²) in [5.41, 5.74) is 0. The molecule has 0 radical (unpaired) electrons. The van der Waals surface area contributed by atoms with E-state index in [1.807, 2.05) is 0 Å². The summed E-state index contributed by atoms with van der Waals surface area (Å²) in [6.45, 7) is 6.80. The molecule has 0 aliphatic heterocycles. The summed E-state index contributed by atoms with van der Waals surface area (Å²) in [6, 6.07) is 1.80. The van der Waals surface area contributed by atoms with E-state index in [1.165, 1.54) is 0 Å². The van der Waals surface area contributed by atoms with Gasteiger partial charge in [-0.15, -0.1) is 0 Å². The Bertz CT molecular complexity index is 320. The molecule has 180 valence electrons. The van der Waals surface area contributed by atoms with Gasteiger partial charge >= 0.3 is 0 Å². The maximum Gasteiger partial charge on any atom is 0.0438 e. The molecule has 0 spiro atoms. The van der Waals surface area contributed by atoms with Crippen molar-refractivity contribution in [3.8, 4) is 0 Å². The number of hydrogen-bond acceptors (Lipinski definition) is 9. The minimum Gasteiger partial charge on any atom is -0.297 e. The fourth-order valence-electron chi connectivity index (χ4n) is 4.43. The van der Waals surface area contributed by atoms with Crippen LogP contribution >= 0.6 is 75.8 Å². The van der Waals surface area contributed by atoms with E-state index in [1.54, 1.807) is 0 Å². The topological polar surface area (TPSA) is 9.72 Å². The van der Waals surface area contributed by atoms with Gasteiger partial charge in [0.05, 0.1) is 0 Å². The summed E-state index contributed by atoms with van der Waals surface area (Å²) < 4.78 is 0. The van der Waals surface area contributed by atoms with Crippen LogP contribution in [0.5, 0.6) is 0 Å². The van der Waals surface area contributed by atoms with Crippen LogP contribution in [0.25, 0.3) is 0 Å². The zero-order valence-corrected chi connectivity index (χ0v) is 23.9. The second kappa shape index (κ2) is 19.3. The monoisotopic (exact) mass is 531 g/mol. The molecule has 0 saturated heterocycles. The number of nitrogens with zero attached hydrogens (tertiary/aromatic N) is 3. The van der Waals surface area contributed by atoms with Gasteiger partial charge in [-0.05, 0) is 112 Å². The highest BCUT2D eigenvalue weighted by atomic mass is 32.1. The second-order valence-electron chi connectivity index (χ2n) is 8.04. The smallest absolute Gasteiger partial charge is 0.0438 e. The minimum absolute atomic E-state index is 0.601. The van der Waals surface area contributed by atoms with Crippen LogP contribution in [0, 0.1) is 0 Å². The van der Waals surface area contributed by atoms with Gasteiger partial charge in [-0.25, -0.2) is 0 Å². The van der Waals surface area contributed by atoms with Crippen LogP contribution in [0.1, 0.15) is 38.5 Å². The first kappa shape index (κ1) is 30.0. The van der Waals surface area contributed by atoms with Gasteiger partial charge in [-0.1, -0.05) is 0 Å². The molecule has 1 aliphatic carbocycles. The first-order valence-electron chi connectivity index (χ1n) is 11.6. The summed E-state index contributed by atoms with van der Waals surface area (Å²) >= 11 is 26.9. The average molecular weight is 532 g/mol. The Morgan fingerprint density at radius 2 is 0.500 bits per heavy atom. The van der Waals surface area contributed by atoms with Gasteiger partial charge in [0.2, 0.25) is 0 Å². The molecular formula is C21H45N3S6. The molecule has 1 saturated carbocycles. The van der Waals surface area contributed by atoms with Crippen LogP contribution in [0.15, 0.2) is 0 Å². The molecule has 30 heavy (non-hydrogen) atoms. The lowest BCUT2D eigenvalue weighted by molar-refractivity contribution is 0.200. The molecule has 1 fully saturated rings. The van der Waals surface area contributed by atoms with Gasteiger partial charge in [-0.2, -0.15) is 75.8 Å². The minimum atomic E-state index is 0.601. The van der Waals surface area contributed by atoms with Crippen LogP contribution in [0.2, 0.25) is 0 Å². The van der Waals surface area contributed by atoms with E-state index in [0.717, 1.165) is 112 Å². The van der Waals surface area contributed by atoms with Crippen molar-refractivity contribution in [1.29, 1.82) is 0 Å². The molecule has 0 amide bonds. The molecule has 3 nitrogen and oxygen atoms in total. The van der Waals surface area contributed by atoms with Crippen LogP contribution in [0.4, 0.5) is 0 Å². The Labute approximate surface area is 219 Å². The van der Waals surface area contributed by atoms with Gasteiger partial charge in [-0.3, -0.25) is 14.7 Å². The number of hydrogen-bond donors (Lipinski definition) is 6. The van der Waals surface area contributed by atoms with Crippen LogP contribution in [-0.4, -0.2) is 107 Å². The summed E-state index contributed by atoms with van der Waals surface area (Å²) in [5.74, 6) is 5.70. The summed E-state index contributed by atoms with van der Waals surface area (Å²) in [7, 11) is 0. The van der Waals surface area contributed by atoms with Crippen LogP contribution < -0.4 is 0 Å². The van der Waals surface area contributed by atoms with Crippen molar-refractivity contribution in [3.05, 3.63) is 0 Å². The zero-order chi connectivity index (χ0) is 22.2. The summed E-state index contributed by atoms with van der Waals surface area (Å²) in [6.07, 6.45) is 6.87. The third-order valence-electron chi connectivity index (χ3n) is 5.79. The first-order chi connectivity index (χ1) is 14.7. The summed E-state index contributed by atoms with van der Waals surface area (Å²) in [4.78, 5) is 8.22. The Balaban J connectivity index is 3.05. The zero-order valence-electron chi connectivity index (χ0n) is 18.5. The van der Waals surface area contributed by atoms with Gasteiger partial charge in [0.1, 0.15) is 0 Å². The predicted molar refractivity (Wildman–Crippen MR) is 157 cm³/mol. The fourth-order valence-corrected chi connectivity index (χ4v) is 5.28. The standard InChI is InChI=1S/C21H45N3S6/c25-13-1-7-22(8-2-14-26)19-20(23(9-3-15-27)10-4-16-28)21(19)24(11-5-17-29)12-6-18-30/h19-21,25-30H,1-18H2. The van der Waals surface area contributed by atoms with Crippen molar-refractivity contribution in [2.75, 3.05) is 73.8 Å². The molecule has 0 aromatic rings. The maximum atomic E-state index is 4.49. The number of thiol groups is 6. The highest BCUT2D eigenvalue weighted by molar-refractivity contribution is 7.81. The van der Waals surface area contributed by atoms with Crippen LogP contribution in [0.3, 0.4) is 0 Å². The van der Waals surface area contributed by atoms with E-state index in [0.29, 0.717) is 18.1 Å². The molecule has 1 aliphatic rings. The highest BCUT2D eigenvalue weighted by Gasteiger charge is 2.58. The molecule has 0 aromatic carbocycles. The van der Waals surface area contributed by atoms with E-state index in [4.69, 9.17) is 0 Å². The van der Waals surface area contributed by atoms with Crippen molar-refractivity contribution in [2.24, 2.45) is 0 Å². The lowest BCUT2D eigenvalue weighted by Gasteiger charge is -2.26. The van der Waals surface area contributed by atoms with Crippen molar-refractivity contribution >= 4 is 75.8 Å². The van der Waals surface area contributed by atoms with Crippen molar-refractivity contribution in [3.63, 3.8) is 0 Å². The first-order valence-corrected chi connectivity index (χ1v) is 15.4. The normalized spacial score (nSPS) is 21.3. The Hall–Kier alpha value is 1.98. The maximum absolute atomic E-state index is 4.49. The Morgan fingerprint density at radius 1 is 0.333 bits per heavy atom. The number of rotatable bonds is 21. The largest absolute Gasteiger partial charge is 0.297 e. The summed E-state index contributed by atoms with van der Waals surface area (Å²) in [5, 5.41) is 0. The molecule has 1 rings (SSSR count). The van der Waals surface area contributed by atoms with Crippen molar-refractivity contribution in [2.45, 2.75) is 56.7 Å². The van der Waals surface area contributed by atoms with E-state index in [2.05, 4.69) is 90.5 Å². The molecule has 0 aromatic heterocycles. The lowest BCUT2D eigenvalue weighted by atomic mass is 10.3. The quantitative estimate of drug-likeness (QED) is 0.125. The molecule has 0 bridgehead atoms. The molecule has 0 atom stereocenters. The molecule has 0 unspecified atom stereocenters. The third kappa shape index (κ3) is 10.9. The van der Waals surface area contributed by atoms with Gasteiger partial charge in [0.15, 0.2) is 0 Å². The SMILES string of the molecule is SCCCN(CCCS)C1C(N(CCCS)CCCS)C1N(CCCS)CCCS. The Kier molecular flexibility index (Phi) is 19.3. The fraction of sp³-hybridized carbons (Fsp3) is 1.00. The van der Waals surface area contributed by atoms with Gasteiger partial charge in [0.25, 0.3) is 0 Å². The highest BCUT2D eigenvalue weighted by Crippen LogP contribution is 2.39.